The van der Waals surface area contributed by atoms with E-state index in [0.29, 0.717) is 12.1 Å². The van der Waals surface area contributed by atoms with Crippen molar-refractivity contribution in [1.29, 1.82) is 0 Å². The molecule has 15 heavy (non-hydrogen) atoms. The molecule has 0 fully saturated rings. The van der Waals surface area contributed by atoms with E-state index in [-0.39, 0.29) is 5.56 Å². The van der Waals surface area contributed by atoms with Gasteiger partial charge in [0.05, 0.1) is 12.5 Å². The molecule has 0 aliphatic rings. The fraction of sp³-hybridized carbons (Fsp3) is 0.222. The Bertz CT molecular complexity index is 369. The molecule has 2 N–H and O–H groups in total. The van der Waals surface area contributed by atoms with Gasteiger partial charge in [0, 0.05) is 0 Å². The SMILES string of the molecule is O=C(O)C[C@H](O)c1cc(F)c(F)c(F)c1. The Kier molecular flexibility index (Phi) is 3.31. The molecule has 3 nitrogen and oxygen atoms in total. The lowest BCUT2D eigenvalue weighted by molar-refractivity contribution is -0.139. The molecule has 0 saturated carbocycles. The molecule has 1 aromatic carbocycles. The third-order valence-electron chi connectivity index (χ3n) is 1.76. The van der Waals surface area contributed by atoms with Gasteiger partial charge < -0.3 is 10.2 Å². The van der Waals surface area contributed by atoms with Crippen LogP contribution in [0, 0.1) is 17.5 Å². The van der Waals surface area contributed by atoms with Gasteiger partial charge in [-0.3, -0.25) is 4.79 Å². The summed E-state index contributed by atoms with van der Waals surface area (Å²) in [7, 11) is 0. The topological polar surface area (TPSA) is 57.5 Å². The molecule has 0 radical (unpaired) electrons. The van der Waals surface area contributed by atoms with Gasteiger partial charge in [-0.15, -0.1) is 0 Å². The van der Waals surface area contributed by atoms with Crippen LogP contribution in [0.3, 0.4) is 0 Å². The standard InChI is InChI=1S/C9H7F3O3/c10-5-1-4(2-6(11)9(5)12)7(13)3-8(14)15/h1-2,7,13H,3H2,(H,14,15)/t7-/m0/s1. The van der Waals surface area contributed by atoms with E-state index in [1.54, 1.807) is 0 Å². The largest absolute Gasteiger partial charge is 0.481 e. The van der Waals surface area contributed by atoms with Crippen molar-refractivity contribution in [2.24, 2.45) is 0 Å². The van der Waals surface area contributed by atoms with E-state index in [1.807, 2.05) is 0 Å². The second-order valence-electron chi connectivity index (χ2n) is 2.91. The third kappa shape index (κ3) is 2.69. The quantitative estimate of drug-likeness (QED) is 0.761. The van der Waals surface area contributed by atoms with Crippen molar-refractivity contribution in [1.82, 2.24) is 0 Å². The van der Waals surface area contributed by atoms with Crippen LogP contribution in [0.5, 0.6) is 0 Å². The summed E-state index contributed by atoms with van der Waals surface area (Å²) in [6, 6.07) is 1.12. The van der Waals surface area contributed by atoms with E-state index in [2.05, 4.69) is 0 Å². The highest BCUT2D eigenvalue weighted by molar-refractivity contribution is 5.67. The summed E-state index contributed by atoms with van der Waals surface area (Å²) in [6.07, 6.45) is -2.27. The average Bonchev–Trinajstić information content (AvgIpc) is 2.12. The number of aliphatic carboxylic acids is 1. The van der Waals surface area contributed by atoms with Crippen LogP contribution >= 0.6 is 0 Å². The maximum Gasteiger partial charge on any atom is 0.306 e. The highest BCUT2D eigenvalue weighted by Gasteiger charge is 2.17. The van der Waals surface area contributed by atoms with Gasteiger partial charge in [-0.1, -0.05) is 0 Å². The summed E-state index contributed by atoms with van der Waals surface area (Å²) in [4.78, 5) is 10.2. The molecule has 0 amide bonds. The summed E-state index contributed by atoms with van der Waals surface area (Å²) in [5.41, 5.74) is -0.311. The normalized spacial score (nSPS) is 12.5. The molecule has 1 rings (SSSR count). The predicted molar refractivity (Wildman–Crippen MR) is 43.5 cm³/mol. The lowest BCUT2D eigenvalue weighted by atomic mass is 10.1. The first-order valence-electron chi connectivity index (χ1n) is 3.96. The minimum Gasteiger partial charge on any atom is -0.481 e. The van der Waals surface area contributed by atoms with Gasteiger partial charge in [-0.2, -0.15) is 0 Å². The fourth-order valence-electron chi connectivity index (χ4n) is 1.05. The van der Waals surface area contributed by atoms with E-state index in [4.69, 9.17) is 5.11 Å². The van der Waals surface area contributed by atoms with Crippen molar-refractivity contribution in [2.45, 2.75) is 12.5 Å². The minimum atomic E-state index is -1.65. The van der Waals surface area contributed by atoms with Crippen molar-refractivity contribution >= 4 is 5.97 Å². The van der Waals surface area contributed by atoms with E-state index < -0.39 is 35.9 Å². The van der Waals surface area contributed by atoms with Crippen LogP contribution in [0.15, 0.2) is 12.1 Å². The highest BCUT2D eigenvalue weighted by atomic mass is 19.2. The van der Waals surface area contributed by atoms with Crippen LogP contribution in [-0.4, -0.2) is 16.2 Å². The Morgan fingerprint density at radius 2 is 1.73 bits per heavy atom. The molecule has 1 aromatic rings. The number of carboxylic acid groups (broad SMARTS) is 1. The molecule has 0 heterocycles. The molecule has 0 aliphatic heterocycles. The molecule has 1 atom stereocenters. The monoisotopic (exact) mass is 220 g/mol. The van der Waals surface area contributed by atoms with Crippen LogP contribution < -0.4 is 0 Å². The Morgan fingerprint density at radius 3 is 2.13 bits per heavy atom. The molecule has 0 saturated heterocycles. The molecule has 82 valence electrons. The number of hydrogen-bond acceptors (Lipinski definition) is 2. The van der Waals surface area contributed by atoms with Crippen LogP contribution in [0.4, 0.5) is 13.2 Å². The maximum atomic E-state index is 12.7. The summed E-state index contributed by atoms with van der Waals surface area (Å²) < 4.78 is 37.8. The number of rotatable bonds is 3. The van der Waals surface area contributed by atoms with Crippen molar-refractivity contribution < 1.29 is 28.2 Å². The Morgan fingerprint density at radius 1 is 1.27 bits per heavy atom. The Balaban J connectivity index is 3.00. The number of hydrogen-bond donors (Lipinski definition) is 2. The van der Waals surface area contributed by atoms with Gasteiger partial charge in [0.25, 0.3) is 0 Å². The minimum absolute atomic E-state index is 0.311. The van der Waals surface area contributed by atoms with E-state index in [0.717, 1.165) is 0 Å². The molecule has 0 aliphatic carbocycles. The number of aliphatic hydroxyl groups is 1. The van der Waals surface area contributed by atoms with Crippen LogP contribution in [0.25, 0.3) is 0 Å². The predicted octanol–water partition coefficient (Wildman–Crippen LogP) is 1.61. The van der Waals surface area contributed by atoms with Gasteiger partial charge >= 0.3 is 5.97 Å². The lowest BCUT2D eigenvalue weighted by Crippen LogP contribution is -2.07. The van der Waals surface area contributed by atoms with Crippen molar-refractivity contribution in [2.75, 3.05) is 0 Å². The van der Waals surface area contributed by atoms with E-state index in [9.17, 15) is 23.1 Å². The number of carbonyl (C=O) groups is 1. The second kappa shape index (κ2) is 4.31. The van der Waals surface area contributed by atoms with Gasteiger partial charge in [0.2, 0.25) is 0 Å². The zero-order valence-corrected chi connectivity index (χ0v) is 7.38. The van der Waals surface area contributed by atoms with Crippen molar-refractivity contribution in [3.05, 3.63) is 35.1 Å². The Labute approximate surface area is 82.8 Å². The maximum absolute atomic E-state index is 12.7. The molecule has 0 unspecified atom stereocenters. The zero-order valence-electron chi connectivity index (χ0n) is 7.38. The van der Waals surface area contributed by atoms with Gasteiger partial charge in [-0.05, 0) is 17.7 Å². The lowest BCUT2D eigenvalue weighted by Gasteiger charge is -2.08. The fourth-order valence-corrected chi connectivity index (χ4v) is 1.05. The number of benzene rings is 1. The Hall–Kier alpha value is -1.56. The first-order chi connectivity index (χ1) is 6.91. The molecule has 0 aromatic heterocycles. The van der Waals surface area contributed by atoms with E-state index in [1.165, 1.54) is 0 Å². The van der Waals surface area contributed by atoms with Crippen molar-refractivity contribution in [3.63, 3.8) is 0 Å². The van der Waals surface area contributed by atoms with Crippen molar-refractivity contribution in [3.8, 4) is 0 Å². The van der Waals surface area contributed by atoms with Gasteiger partial charge in [-0.25, -0.2) is 13.2 Å². The molecule has 0 bridgehead atoms. The number of carboxylic acids is 1. The van der Waals surface area contributed by atoms with Crippen LogP contribution in [-0.2, 0) is 4.79 Å². The molecule has 6 heteroatoms. The second-order valence-corrected chi connectivity index (χ2v) is 2.91. The third-order valence-corrected chi connectivity index (χ3v) is 1.76. The first kappa shape index (κ1) is 11.5. The zero-order chi connectivity index (χ0) is 11.6. The smallest absolute Gasteiger partial charge is 0.306 e. The molecule has 0 spiro atoms. The number of aliphatic hydroxyl groups excluding tert-OH is 1. The summed E-state index contributed by atoms with van der Waals surface area (Å²) >= 11 is 0. The van der Waals surface area contributed by atoms with Gasteiger partial charge in [0.15, 0.2) is 17.5 Å². The summed E-state index contributed by atoms with van der Waals surface area (Å²) in [5.74, 6) is -5.90. The average molecular weight is 220 g/mol. The molecular formula is C9H7F3O3. The van der Waals surface area contributed by atoms with Crippen LogP contribution in [0.1, 0.15) is 18.1 Å². The van der Waals surface area contributed by atoms with E-state index >= 15 is 0 Å². The van der Waals surface area contributed by atoms with Crippen LogP contribution in [0.2, 0.25) is 0 Å². The van der Waals surface area contributed by atoms with Gasteiger partial charge in [0.1, 0.15) is 0 Å². The summed E-state index contributed by atoms with van der Waals surface area (Å²) in [6.45, 7) is 0. The number of halogens is 3. The molecular weight excluding hydrogens is 213 g/mol. The first-order valence-corrected chi connectivity index (χ1v) is 3.96. The highest BCUT2D eigenvalue weighted by Crippen LogP contribution is 2.21. The summed E-state index contributed by atoms with van der Waals surface area (Å²) in [5, 5.41) is 17.5.